The van der Waals surface area contributed by atoms with Crippen LogP contribution in [0.1, 0.15) is 23.4 Å². The number of carbonyl (C=O) groups excluding carboxylic acids is 1. The zero-order valence-corrected chi connectivity index (χ0v) is 13.0. The number of unbranched alkanes of at least 4 members (excludes halogenated alkanes) is 1. The Morgan fingerprint density at radius 3 is 2.67 bits per heavy atom. The molecule has 0 aliphatic carbocycles. The SMILES string of the molecule is Cl.NCCCCNC(=O)c1ccc(-c2ccccc2Cl)o1. The number of nitrogens with one attached hydrogen (secondary N) is 1. The van der Waals surface area contributed by atoms with E-state index < -0.39 is 0 Å². The van der Waals surface area contributed by atoms with Crippen LogP contribution in [0.2, 0.25) is 5.02 Å². The molecule has 0 fully saturated rings. The van der Waals surface area contributed by atoms with Crippen molar-refractivity contribution < 1.29 is 9.21 Å². The number of hydrogen-bond acceptors (Lipinski definition) is 3. The van der Waals surface area contributed by atoms with Crippen LogP contribution in [-0.2, 0) is 0 Å². The van der Waals surface area contributed by atoms with E-state index in [0.29, 0.717) is 23.9 Å². The van der Waals surface area contributed by atoms with E-state index in [1.807, 2.05) is 18.2 Å². The van der Waals surface area contributed by atoms with Crippen LogP contribution in [0.15, 0.2) is 40.8 Å². The maximum Gasteiger partial charge on any atom is 0.287 e. The van der Waals surface area contributed by atoms with Gasteiger partial charge in [0.1, 0.15) is 5.76 Å². The third kappa shape index (κ3) is 4.77. The average Bonchev–Trinajstić information content (AvgIpc) is 2.93. The summed E-state index contributed by atoms with van der Waals surface area (Å²) in [6, 6.07) is 10.7. The Morgan fingerprint density at radius 1 is 1.19 bits per heavy atom. The molecule has 0 aliphatic heterocycles. The van der Waals surface area contributed by atoms with E-state index in [1.54, 1.807) is 18.2 Å². The maximum atomic E-state index is 11.9. The van der Waals surface area contributed by atoms with Gasteiger partial charge in [-0.15, -0.1) is 12.4 Å². The Hall–Kier alpha value is -1.49. The number of hydrogen-bond donors (Lipinski definition) is 2. The second-order valence-electron chi connectivity index (χ2n) is 4.40. The summed E-state index contributed by atoms with van der Waals surface area (Å²) in [5.41, 5.74) is 6.17. The van der Waals surface area contributed by atoms with Crippen molar-refractivity contribution >= 4 is 29.9 Å². The van der Waals surface area contributed by atoms with Crippen molar-refractivity contribution in [2.24, 2.45) is 5.73 Å². The fourth-order valence-electron chi connectivity index (χ4n) is 1.82. The lowest BCUT2D eigenvalue weighted by Crippen LogP contribution is -2.24. The van der Waals surface area contributed by atoms with Gasteiger partial charge in [-0.25, -0.2) is 0 Å². The lowest BCUT2D eigenvalue weighted by atomic mass is 10.2. The first kappa shape index (κ1) is 17.6. The molecule has 2 rings (SSSR count). The molecule has 0 saturated heterocycles. The van der Waals surface area contributed by atoms with Gasteiger partial charge < -0.3 is 15.5 Å². The lowest BCUT2D eigenvalue weighted by Gasteiger charge is -2.02. The van der Waals surface area contributed by atoms with Gasteiger partial charge in [-0.2, -0.15) is 0 Å². The highest BCUT2D eigenvalue weighted by Crippen LogP contribution is 2.28. The molecule has 4 nitrogen and oxygen atoms in total. The molecule has 1 heterocycles. The zero-order valence-electron chi connectivity index (χ0n) is 11.5. The topological polar surface area (TPSA) is 68.3 Å². The molecule has 1 amide bonds. The van der Waals surface area contributed by atoms with Crippen LogP contribution in [0, 0.1) is 0 Å². The van der Waals surface area contributed by atoms with Crippen LogP contribution in [-0.4, -0.2) is 19.0 Å². The van der Waals surface area contributed by atoms with Crippen molar-refractivity contribution in [2.75, 3.05) is 13.1 Å². The summed E-state index contributed by atoms with van der Waals surface area (Å²) >= 11 is 6.09. The van der Waals surface area contributed by atoms with Crippen molar-refractivity contribution in [3.63, 3.8) is 0 Å². The summed E-state index contributed by atoms with van der Waals surface area (Å²) in [6.07, 6.45) is 1.75. The number of nitrogens with two attached hydrogens (primary N) is 1. The molecule has 0 unspecified atom stereocenters. The first-order valence-electron chi connectivity index (χ1n) is 6.55. The van der Waals surface area contributed by atoms with Gasteiger partial charge in [-0.1, -0.05) is 23.7 Å². The molecule has 3 N–H and O–H groups in total. The second-order valence-corrected chi connectivity index (χ2v) is 4.80. The lowest BCUT2D eigenvalue weighted by molar-refractivity contribution is 0.0926. The van der Waals surface area contributed by atoms with E-state index in [0.717, 1.165) is 18.4 Å². The molecule has 2 aromatic rings. The first-order valence-corrected chi connectivity index (χ1v) is 6.93. The van der Waals surface area contributed by atoms with E-state index in [9.17, 15) is 4.79 Å². The number of halogens is 2. The van der Waals surface area contributed by atoms with Crippen LogP contribution >= 0.6 is 24.0 Å². The fraction of sp³-hybridized carbons (Fsp3) is 0.267. The van der Waals surface area contributed by atoms with Gasteiger partial charge in [0.25, 0.3) is 5.91 Å². The number of rotatable bonds is 6. The maximum absolute atomic E-state index is 11.9. The van der Waals surface area contributed by atoms with Crippen LogP contribution in [0.3, 0.4) is 0 Å². The quantitative estimate of drug-likeness (QED) is 0.797. The predicted molar refractivity (Wildman–Crippen MR) is 87.0 cm³/mol. The molecular weight excluding hydrogens is 311 g/mol. The predicted octanol–water partition coefficient (Wildman–Crippen LogP) is 3.49. The molecule has 6 heteroatoms. The van der Waals surface area contributed by atoms with Crippen LogP contribution in [0.5, 0.6) is 0 Å². The smallest absolute Gasteiger partial charge is 0.287 e. The summed E-state index contributed by atoms with van der Waals surface area (Å²) in [5.74, 6) is 0.649. The van der Waals surface area contributed by atoms with Crippen LogP contribution < -0.4 is 11.1 Å². The summed E-state index contributed by atoms with van der Waals surface area (Å²) in [5, 5.41) is 3.39. The highest BCUT2D eigenvalue weighted by atomic mass is 35.5. The van der Waals surface area contributed by atoms with Crippen LogP contribution in [0.4, 0.5) is 0 Å². The minimum Gasteiger partial charge on any atom is -0.451 e. The van der Waals surface area contributed by atoms with E-state index in [2.05, 4.69) is 5.32 Å². The van der Waals surface area contributed by atoms with Crippen molar-refractivity contribution in [3.05, 3.63) is 47.2 Å². The fourth-order valence-corrected chi connectivity index (χ4v) is 2.05. The molecule has 0 saturated carbocycles. The summed E-state index contributed by atoms with van der Waals surface area (Å²) < 4.78 is 5.55. The third-order valence-electron chi connectivity index (χ3n) is 2.89. The van der Waals surface area contributed by atoms with E-state index in [-0.39, 0.29) is 24.1 Å². The van der Waals surface area contributed by atoms with Crippen LogP contribution in [0.25, 0.3) is 11.3 Å². The van der Waals surface area contributed by atoms with Gasteiger partial charge in [-0.05, 0) is 43.7 Å². The molecule has 0 atom stereocenters. The number of furan rings is 1. The van der Waals surface area contributed by atoms with Gasteiger partial charge in [0.05, 0.1) is 5.02 Å². The molecule has 1 aromatic carbocycles. The molecule has 0 bridgehead atoms. The average molecular weight is 329 g/mol. The molecular formula is C15H18Cl2N2O2. The van der Waals surface area contributed by atoms with Crippen molar-refractivity contribution in [2.45, 2.75) is 12.8 Å². The van der Waals surface area contributed by atoms with E-state index in [4.69, 9.17) is 21.8 Å². The normalized spacial score (nSPS) is 10.0. The highest BCUT2D eigenvalue weighted by molar-refractivity contribution is 6.33. The largest absolute Gasteiger partial charge is 0.451 e. The Labute approximate surface area is 135 Å². The standard InChI is InChI=1S/C15H17ClN2O2.ClH/c16-12-6-2-1-5-11(12)13-7-8-14(20-13)15(19)18-10-4-3-9-17;/h1-2,5-8H,3-4,9-10,17H2,(H,18,19);1H. The highest BCUT2D eigenvalue weighted by Gasteiger charge is 2.13. The minimum atomic E-state index is -0.222. The van der Waals surface area contributed by atoms with Crippen molar-refractivity contribution in [1.82, 2.24) is 5.32 Å². The molecule has 0 radical (unpaired) electrons. The zero-order chi connectivity index (χ0) is 14.4. The van der Waals surface area contributed by atoms with Crippen molar-refractivity contribution in [1.29, 1.82) is 0 Å². The Bertz CT molecular complexity index is 585. The third-order valence-corrected chi connectivity index (χ3v) is 3.22. The second kappa shape index (κ2) is 8.72. The molecule has 21 heavy (non-hydrogen) atoms. The first-order chi connectivity index (χ1) is 9.72. The number of benzene rings is 1. The van der Waals surface area contributed by atoms with Gasteiger partial charge in [-0.3, -0.25) is 4.79 Å². The minimum absolute atomic E-state index is 0. The molecule has 0 aliphatic rings. The van der Waals surface area contributed by atoms with Gasteiger partial charge in [0, 0.05) is 12.1 Å². The van der Waals surface area contributed by atoms with Gasteiger partial charge >= 0.3 is 0 Å². The Balaban J connectivity index is 0.00000220. The summed E-state index contributed by atoms with van der Waals surface area (Å²) in [4.78, 5) is 11.9. The van der Waals surface area contributed by atoms with Gasteiger partial charge in [0.15, 0.2) is 5.76 Å². The number of amides is 1. The molecule has 0 spiro atoms. The van der Waals surface area contributed by atoms with E-state index in [1.165, 1.54) is 0 Å². The summed E-state index contributed by atoms with van der Waals surface area (Å²) in [6.45, 7) is 1.23. The molecule has 114 valence electrons. The monoisotopic (exact) mass is 328 g/mol. The van der Waals surface area contributed by atoms with E-state index >= 15 is 0 Å². The van der Waals surface area contributed by atoms with Crippen molar-refractivity contribution in [3.8, 4) is 11.3 Å². The molecule has 1 aromatic heterocycles. The Kier molecular flexibility index (Phi) is 7.29. The Morgan fingerprint density at radius 2 is 1.95 bits per heavy atom. The number of carbonyl (C=O) groups is 1. The van der Waals surface area contributed by atoms with Gasteiger partial charge in [0.2, 0.25) is 0 Å². The summed E-state index contributed by atoms with van der Waals surface area (Å²) in [7, 11) is 0.